The third kappa shape index (κ3) is 4.98. The van der Waals surface area contributed by atoms with E-state index in [1.165, 1.54) is 12.8 Å². The molecule has 1 atom stereocenters. The molecule has 2 saturated heterocycles. The standard InChI is InChI=1S/C23H31N3O3/c1-16-3-2-4-19(11-16)23(29)25-9-7-18(8-10-25)14-26-15-20(12-21(26)27)22(28)24-13-17-5-6-17/h2-4,11,17-18,20H,5-10,12-15H2,1H3,(H,24,28). The van der Waals surface area contributed by atoms with E-state index in [0.717, 1.165) is 43.6 Å². The minimum atomic E-state index is -0.204. The Balaban J connectivity index is 1.23. The summed E-state index contributed by atoms with van der Waals surface area (Å²) in [5, 5.41) is 3.01. The summed E-state index contributed by atoms with van der Waals surface area (Å²) < 4.78 is 0. The molecule has 0 bridgehead atoms. The lowest BCUT2D eigenvalue weighted by Crippen LogP contribution is -2.42. The zero-order chi connectivity index (χ0) is 20.4. The highest BCUT2D eigenvalue weighted by atomic mass is 16.2. The summed E-state index contributed by atoms with van der Waals surface area (Å²) in [7, 11) is 0. The summed E-state index contributed by atoms with van der Waals surface area (Å²) in [6, 6.07) is 7.73. The van der Waals surface area contributed by atoms with Crippen LogP contribution in [-0.4, -0.2) is 60.2 Å². The molecule has 1 aromatic carbocycles. The minimum Gasteiger partial charge on any atom is -0.356 e. The van der Waals surface area contributed by atoms with E-state index in [2.05, 4.69) is 5.32 Å². The SMILES string of the molecule is Cc1cccc(C(=O)N2CCC(CN3CC(C(=O)NCC4CC4)CC3=O)CC2)c1. The van der Waals surface area contributed by atoms with Crippen molar-refractivity contribution in [3.05, 3.63) is 35.4 Å². The van der Waals surface area contributed by atoms with Crippen LogP contribution < -0.4 is 5.32 Å². The number of carbonyl (C=O) groups is 3. The maximum Gasteiger partial charge on any atom is 0.253 e. The lowest BCUT2D eigenvalue weighted by atomic mass is 9.95. The van der Waals surface area contributed by atoms with Gasteiger partial charge in [0.2, 0.25) is 11.8 Å². The fraction of sp³-hybridized carbons (Fsp3) is 0.609. The van der Waals surface area contributed by atoms with Gasteiger partial charge in [-0.25, -0.2) is 0 Å². The molecule has 0 spiro atoms. The molecule has 6 heteroatoms. The molecular formula is C23H31N3O3. The molecule has 1 unspecified atom stereocenters. The Labute approximate surface area is 172 Å². The van der Waals surface area contributed by atoms with Crippen molar-refractivity contribution in [1.82, 2.24) is 15.1 Å². The topological polar surface area (TPSA) is 69.7 Å². The van der Waals surface area contributed by atoms with Crippen LogP contribution in [0.15, 0.2) is 24.3 Å². The number of aryl methyl sites for hydroxylation is 1. The van der Waals surface area contributed by atoms with E-state index in [-0.39, 0.29) is 23.6 Å². The summed E-state index contributed by atoms with van der Waals surface area (Å²) in [6.45, 7) is 5.46. The molecule has 156 valence electrons. The Morgan fingerprint density at radius 3 is 2.55 bits per heavy atom. The van der Waals surface area contributed by atoms with Crippen molar-refractivity contribution in [2.45, 2.75) is 39.0 Å². The van der Waals surface area contributed by atoms with Crippen LogP contribution >= 0.6 is 0 Å². The number of piperidine rings is 1. The third-order valence-electron chi connectivity index (χ3n) is 6.49. The van der Waals surface area contributed by atoms with E-state index in [1.54, 1.807) is 0 Å². The van der Waals surface area contributed by atoms with Crippen LogP contribution in [0.4, 0.5) is 0 Å². The van der Waals surface area contributed by atoms with E-state index >= 15 is 0 Å². The van der Waals surface area contributed by atoms with E-state index in [4.69, 9.17) is 0 Å². The third-order valence-corrected chi connectivity index (χ3v) is 6.49. The fourth-order valence-corrected chi connectivity index (χ4v) is 4.43. The van der Waals surface area contributed by atoms with Gasteiger partial charge in [-0.15, -0.1) is 0 Å². The van der Waals surface area contributed by atoms with Gasteiger partial charge < -0.3 is 15.1 Å². The summed E-state index contributed by atoms with van der Waals surface area (Å²) >= 11 is 0. The second-order valence-electron chi connectivity index (χ2n) is 8.99. The summed E-state index contributed by atoms with van der Waals surface area (Å²) in [5.74, 6) is 1.07. The molecule has 1 saturated carbocycles. The Kier molecular flexibility index (Phi) is 5.88. The number of benzene rings is 1. The predicted octanol–water partition coefficient (Wildman–Crippen LogP) is 2.22. The van der Waals surface area contributed by atoms with Crippen molar-refractivity contribution in [3.8, 4) is 0 Å². The van der Waals surface area contributed by atoms with E-state index < -0.39 is 0 Å². The van der Waals surface area contributed by atoms with Crippen LogP contribution in [0.1, 0.15) is 48.0 Å². The van der Waals surface area contributed by atoms with Crippen LogP contribution in [0.25, 0.3) is 0 Å². The number of rotatable bonds is 6. The van der Waals surface area contributed by atoms with Crippen LogP contribution in [0, 0.1) is 24.7 Å². The van der Waals surface area contributed by atoms with Gasteiger partial charge in [-0.1, -0.05) is 17.7 Å². The van der Waals surface area contributed by atoms with Crippen LogP contribution in [0.2, 0.25) is 0 Å². The van der Waals surface area contributed by atoms with Crippen molar-refractivity contribution in [3.63, 3.8) is 0 Å². The highest BCUT2D eigenvalue weighted by molar-refractivity contribution is 5.94. The van der Waals surface area contributed by atoms with Gasteiger partial charge in [0.25, 0.3) is 5.91 Å². The summed E-state index contributed by atoms with van der Waals surface area (Å²) in [5.41, 5.74) is 1.84. The Hall–Kier alpha value is -2.37. The zero-order valence-corrected chi connectivity index (χ0v) is 17.2. The Morgan fingerprint density at radius 2 is 1.86 bits per heavy atom. The molecule has 3 amide bonds. The predicted molar refractivity (Wildman–Crippen MR) is 110 cm³/mol. The number of likely N-dealkylation sites (tertiary alicyclic amines) is 2. The second-order valence-corrected chi connectivity index (χ2v) is 8.99. The average molecular weight is 398 g/mol. The molecule has 2 aliphatic heterocycles. The zero-order valence-electron chi connectivity index (χ0n) is 17.2. The molecule has 6 nitrogen and oxygen atoms in total. The van der Waals surface area contributed by atoms with Crippen molar-refractivity contribution in [2.75, 3.05) is 32.7 Å². The quantitative estimate of drug-likeness (QED) is 0.800. The molecule has 1 aromatic rings. The first-order valence-electron chi connectivity index (χ1n) is 10.9. The highest BCUT2D eigenvalue weighted by Gasteiger charge is 2.36. The normalized spacial score (nSPS) is 22.8. The molecule has 0 radical (unpaired) electrons. The van der Waals surface area contributed by atoms with Crippen molar-refractivity contribution in [1.29, 1.82) is 0 Å². The van der Waals surface area contributed by atoms with E-state index in [0.29, 0.717) is 31.3 Å². The maximum atomic E-state index is 12.7. The van der Waals surface area contributed by atoms with Gasteiger partial charge >= 0.3 is 0 Å². The second kappa shape index (κ2) is 8.56. The minimum absolute atomic E-state index is 0.0336. The van der Waals surface area contributed by atoms with Crippen LogP contribution in [0.3, 0.4) is 0 Å². The fourth-order valence-electron chi connectivity index (χ4n) is 4.43. The molecule has 3 aliphatic rings. The number of amides is 3. The van der Waals surface area contributed by atoms with Gasteiger partial charge in [-0.3, -0.25) is 14.4 Å². The number of nitrogens with one attached hydrogen (secondary N) is 1. The number of nitrogens with zero attached hydrogens (tertiary/aromatic N) is 2. The summed E-state index contributed by atoms with van der Waals surface area (Å²) in [4.78, 5) is 41.2. The van der Waals surface area contributed by atoms with Crippen LogP contribution in [0.5, 0.6) is 0 Å². The number of hydrogen-bond donors (Lipinski definition) is 1. The monoisotopic (exact) mass is 397 g/mol. The van der Waals surface area contributed by atoms with E-state index in [9.17, 15) is 14.4 Å². The van der Waals surface area contributed by atoms with Crippen LogP contribution in [-0.2, 0) is 9.59 Å². The van der Waals surface area contributed by atoms with Crippen molar-refractivity contribution >= 4 is 17.7 Å². The molecule has 1 N–H and O–H groups in total. The first-order chi connectivity index (χ1) is 14.0. The van der Waals surface area contributed by atoms with Gasteiger partial charge in [0, 0.05) is 44.7 Å². The van der Waals surface area contributed by atoms with Crippen molar-refractivity contribution in [2.24, 2.45) is 17.8 Å². The lowest BCUT2D eigenvalue weighted by Gasteiger charge is -2.34. The van der Waals surface area contributed by atoms with Gasteiger partial charge in [0.1, 0.15) is 0 Å². The highest BCUT2D eigenvalue weighted by Crippen LogP contribution is 2.28. The van der Waals surface area contributed by atoms with Gasteiger partial charge in [0.05, 0.1) is 5.92 Å². The first kappa shape index (κ1) is 19.9. The number of hydrogen-bond acceptors (Lipinski definition) is 3. The molecular weight excluding hydrogens is 366 g/mol. The van der Waals surface area contributed by atoms with Crippen molar-refractivity contribution < 1.29 is 14.4 Å². The first-order valence-corrected chi connectivity index (χ1v) is 10.9. The lowest BCUT2D eigenvalue weighted by molar-refractivity contribution is -0.129. The largest absolute Gasteiger partial charge is 0.356 e. The van der Waals surface area contributed by atoms with Gasteiger partial charge in [0.15, 0.2) is 0 Å². The average Bonchev–Trinajstić information content (AvgIpc) is 3.48. The van der Waals surface area contributed by atoms with E-state index in [1.807, 2.05) is 41.0 Å². The maximum absolute atomic E-state index is 12.7. The molecule has 4 rings (SSSR count). The smallest absolute Gasteiger partial charge is 0.253 e. The Morgan fingerprint density at radius 1 is 1.10 bits per heavy atom. The molecule has 3 fully saturated rings. The molecule has 2 heterocycles. The molecule has 1 aliphatic carbocycles. The van der Waals surface area contributed by atoms with Gasteiger partial charge in [-0.05, 0) is 56.6 Å². The number of carbonyl (C=O) groups excluding carboxylic acids is 3. The Bertz CT molecular complexity index is 781. The summed E-state index contributed by atoms with van der Waals surface area (Å²) in [6.07, 6.45) is 4.56. The molecule has 0 aromatic heterocycles. The molecule has 29 heavy (non-hydrogen) atoms. The van der Waals surface area contributed by atoms with Gasteiger partial charge in [-0.2, -0.15) is 0 Å².